The molecule has 0 bridgehead atoms. The first kappa shape index (κ1) is 21.2. The van der Waals surface area contributed by atoms with Crippen LogP contribution in [0.25, 0.3) is 0 Å². The van der Waals surface area contributed by atoms with Gasteiger partial charge in [-0.15, -0.1) is 0 Å². The highest BCUT2D eigenvalue weighted by atomic mass is 32.1. The molecule has 0 heterocycles. The van der Waals surface area contributed by atoms with E-state index in [1.54, 1.807) is 55.6 Å². The number of carbonyl (C=O) groups excluding carboxylic acids is 2. The SMILES string of the molecule is COc1ccc(C(=O)NC(=S)NNC(=O)c2ccc(OCC(C)C)cc2)cc1. The summed E-state index contributed by atoms with van der Waals surface area (Å²) in [5, 5.41) is 2.46. The molecule has 8 heteroatoms. The Bertz CT molecular complexity index is 820. The fraction of sp³-hybridized carbons (Fsp3) is 0.250. The number of carbonyl (C=O) groups is 2. The van der Waals surface area contributed by atoms with E-state index >= 15 is 0 Å². The van der Waals surface area contributed by atoms with Crippen LogP contribution in [0.1, 0.15) is 34.6 Å². The van der Waals surface area contributed by atoms with Gasteiger partial charge in [0.15, 0.2) is 5.11 Å². The lowest BCUT2D eigenvalue weighted by Crippen LogP contribution is -2.48. The maximum Gasteiger partial charge on any atom is 0.269 e. The molecule has 2 rings (SSSR count). The number of thiocarbonyl (C=S) groups is 1. The highest BCUT2D eigenvalue weighted by molar-refractivity contribution is 7.80. The van der Waals surface area contributed by atoms with Crippen LogP contribution in [-0.2, 0) is 0 Å². The van der Waals surface area contributed by atoms with Gasteiger partial charge in [0.05, 0.1) is 13.7 Å². The highest BCUT2D eigenvalue weighted by Crippen LogP contribution is 2.13. The second-order valence-electron chi connectivity index (χ2n) is 6.32. The van der Waals surface area contributed by atoms with E-state index in [0.717, 1.165) is 0 Å². The zero-order valence-corrected chi connectivity index (χ0v) is 16.8. The summed E-state index contributed by atoms with van der Waals surface area (Å²) in [5.41, 5.74) is 5.78. The topological polar surface area (TPSA) is 88.7 Å². The van der Waals surface area contributed by atoms with Crippen molar-refractivity contribution in [1.29, 1.82) is 0 Å². The standard InChI is InChI=1S/C20H23N3O4S/c1-13(2)12-27-17-10-6-15(7-11-17)19(25)22-23-20(28)21-18(24)14-4-8-16(26-3)9-5-14/h4-11,13H,12H2,1-3H3,(H,22,25)(H2,21,23,24,28). The predicted molar refractivity (Wildman–Crippen MR) is 110 cm³/mol. The Morgan fingerprint density at radius 1 is 0.893 bits per heavy atom. The predicted octanol–water partition coefficient (Wildman–Crippen LogP) is 2.68. The zero-order valence-electron chi connectivity index (χ0n) is 15.9. The average molecular weight is 401 g/mol. The Kier molecular flexibility index (Phi) is 7.76. The first-order valence-electron chi connectivity index (χ1n) is 8.67. The third-order valence-electron chi connectivity index (χ3n) is 3.57. The third kappa shape index (κ3) is 6.55. The van der Waals surface area contributed by atoms with Gasteiger partial charge in [0.25, 0.3) is 11.8 Å². The summed E-state index contributed by atoms with van der Waals surface area (Å²) in [5.74, 6) is 0.962. The van der Waals surface area contributed by atoms with Gasteiger partial charge in [0, 0.05) is 11.1 Å². The second kappa shape index (κ2) is 10.3. The summed E-state index contributed by atoms with van der Waals surface area (Å²) in [6.07, 6.45) is 0. The molecule has 0 atom stereocenters. The van der Waals surface area contributed by atoms with E-state index in [4.69, 9.17) is 21.7 Å². The molecular weight excluding hydrogens is 378 g/mol. The number of hydrogen-bond donors (Lipinski definition) is 3. The highest BCUT2D eigenvalue weighted by Gasteiger charge is 2.10. The van der Waals surface area contributed by atoms with Crippen LogP contribution in [0.15, 0.2) is 48.5 Å². The average Bonchev–Trinajstić information content (AvgIpc) is 2.70. The van der Waals surface area contributed by atoms with Crippen LogP contribution in [0, 0.1) is 5.92 Å². The van der Waals surface area contributed by atoms with Crippen LogP contribution >= 0.6 is 12.2 Å². The molecule has 0 aliphatic carbocycles. The lowest BCUT2D eigenvalue weighted by atomic mass is 10.2. The fourth-order valence-electron chi connectivity index (χ4n) is 2.10. The first-order valence-corrected chi connectivity index (χ1v) is 9.08. The normalized spacial score (nSPS) is 10.1. The van der Waals surface area contributed by atoms with Crippen molar-refractivity contribution in [1.82, 2.24) is 16.2 Å². The number of benzene rings is 2. The van der Waals surface area contributed by atoms with E-state index in [1.807, 2.05) is 0 Å². The van der Waals surface area contributed by atoms with Crippen molar-refractivity contribution in [3.8, 4) is 11.5 Å². The molecule has 3 N–H and O–H groups in total. The monoisotopic (exact) mass is 401 g/mol. The summed E-state index contributed by atoms with van der Waals surface area (Å²) in [6, 6.07) is 13.3. The first-order chi connectivity index (χ1) is 13.4. The zero-order chi connectivity index (χ0) is 20.5. The Labute approximate surface area is 169 Å². The molecule has 0 aliphatic heterocycles. The number of nitrogens with one attached hydrogen (secondary N) is 3. The summed E-state index contributed by atoms with van der Waals surface area (Å²) in [4.78, 5) is 24.3. The number of hydrazine groups is 1. The molecule has 0 aromatic heterocycles. The summed E-state index contributed by atoms with van der Waals surface area (Å²) >= 11 is 5.02. The number of hydrogen-bond acceptors (Lipinski definition) is 5. The summed E-state index contributed by atoms with van der Waals surface area (Å²) < 4.78 is 10.6. The van der Waals surface area contributed by atoms with Crippen LogP contribution in [0.3, 0.4) is 0 Å². The molecule has 0 unspecified atom stereocenters. The number of ether oxygens (including phenoxy) is 2. The van der Waals surface area contributed by atoms with Crippen LogP contribution in [0.5, 0.6) is 11.5 Å². The Hall–Kier alpha value is -3.13. The van der Waals surface area contributed by atoms with Crippen molar-refractivity contribution in [2.45, 2.75) is 13.8 Å². The largest absolute Gasteiger partial charge is 0.497 e. The maximum atomic E-state index is 12.2. The smallest absolute Gasteiger partial charge is 0.269 e. The van der Waals surface area contributed by atoms with Crippen molar-refractivity contribution in [3.05, 3.63) is 59.7 Å². The quantitative estimate of drug-likeness (QED) is 0.510. The van der Waals surface area contributed by atoms with Gasteiger partial charge >= 0.3 is 0 Å². The van der Waals surface area contributed by atoms with Gasteiger partial charge in [0.1, 0.15) is 11.5 Å². The molecule has 0 spiro atoms. The van der Waals surface area contributed by atoms with E-state index in [2.05, 4.69) is 30.0 Å². The second-order valence-corrected chi connectivity index (χ2v) is 6.73. The van der Waals surface area contributed by atoms with E-state index in [9.17, 15) is 9.59 Å². The van der Waals surface area contributed by atoms with Gasteiger partial charge in [-0.2, -0.15) is 0 Å². The van der Waals surface area contributed by atoms with Gasteiger partial charge < -0.3 is 9.47 Å². The molecule has 0 saturated heterocycles. The number of methoxy groups -OCH3 is 1. The van der Waals surface area contributed by atoms with Crippen molar-refractivity contribution >= 4 is 29.1 Å². The van der Waals surface area contributed by atoms with Gasteiger partial charge in [-0.1, -0.05) is 13.8 Å². The molecule has 0 radical (unpaired) electrons. The Balaban J connectivity index is 1.81. The van der Waals surface area contributed by atoms with Crippen molar-refractivity contribution < 1.29 is 19.1 Å². The van der Waals surface area contributed by atoms with Crippen LogP contribution in [0.4, 0.5) is 0 Å². The van der Waals surface area contributed by atoms with Crippen molar-refractivity contribution in [3.63, 3.8) is 0 Å². The minimum atomic E-state index is -0.402. The van der Waals surface area contributed by atoms with E-state index in [0.29, 0.717) is 35.2 Å². The van der Waals surface area contributed by atoms with Gasteiger partial charge in [-0.3, -0.25) is 25.8 Å². The van der Waals surface area contributed by atoms with E-state index in [1.165, 1.54) is 0 Å². The molecule has 2 aromatic carbocycles. The number of amides is 2. The molecule has 7 nitrogen and oxygen atoms in total. The van der Waals surface area contributed by atoms with Crippen molar-refractivity contribution in [2.24, 2.45) is 5.92 Å². The molecule has 2 amide bonds. The van der Waals surface area contributed by atoms with Crippen molar-refractivity contribution in [2.75, 3.05) is 13.7 Å². The Morgan fingerprint density at radius 2 is 1.43 bits per heavy atom. The minimum Gasteiger partial charge on any atom is -0.497 e. The number of rotatable bonds is 6. The molecule has 0 fully saturated rings. The third-order valence-corrected chi connectivity index (χ3v) is 3.77. The minimum absolute atomic E-state index is 0.0222. The molecule has 2 aromatic rings. The molecular formula is C20H23N3O4S. The fourth-order valence-corrected chi connectivity index (χ4v) is 2.24. The molecule has 28 heavy (non-hydrogen) atoms. The van der Waals surface area contributed by atoms with Gasteiger partial charge in [-0.25, -0.2) is 0 Å². The van der Waals surface area contributed by atoms with Crippen LogP contribution < -0.4 is 25.6 Å². The van der Waals surface area contributed by atoms with E-state index in [-0.39, 0.29) is 5.11 Å². The summed E-state index contributed by atoms with van der Waals surface area (Å²) in [7, 11) is 1.54. The lowest BCUT2D eigenvalue weighted by Gasteiger charge is -2.12. The van der Waals surface area contributed by atoms with Gasteiger partial charge in [0.2, 0.25) is 0 Å². The summed E-state index contributed by atoms with van der Waals surface area (Å²) in [6.45, 7) is 4.73. The molecule has 148 valence electrons. The van der Waals surface area contributed by atoms with Crippen LogP contribution in [-0.4, -0.2) is 30.6 Å². The maximum absolute atomic E-state index is 12.2. The lowest BCUT2D eigenvalue weighted by molar-refractivity contribution is 0.0934. The van der Waals surface area contributed by atoms with Gasteiger partial charge in [-0.05, 0) is 66.7 Å². The van der Waals surface area contributed by atoms with Crippen LogP contribution in [0.2, 0.25) is 0 Å². The molecule has 0 saturated carbocycles. The Morgan fingerprint density at radius 3 is 1.96 bits per heavy atom. The molecule has 0 aliphatic rings. The van der Waals surface area contributed by atoms with E-state index < -0.39 is 11.8 Å².